The normalized spacial score (nSPS) is 13.6. The average Bonchev–Trinajstić information content (AvgIpc) is 2.29. The summed E-state index contributed by atoms with van der Waals surface area (Å²) < 4.78 is 25.4. The van der Waals surface area contributed by atoms with E-state index in [4.69, 9.17) is 5.11 Å². The molecule has 1 aromatic rings. The fourth-order valence-corrected chi connectivity index (χ4v) is 2.09. The second-order valence-corrected chi connectivity index (χ2v) is 5.85. The first kappa shape index (κ1) is 13.2. The monoisotopic (exact) mass is 243 g/mol. The first-order valence-corrected chi connectivity index (χ1v) is 6.74. The van der Waals surface area contributed by atoms with Gasteiger partial charge in [-0.25, -0.2) is 13.1 Å². The predicted molar refractivity (Wildman–Crippen MR) is 63.6 cm³/mol. The Kier molecular flexibility index (Phi) is 4.92. The van der Waals surface area contributed by atoms with Crippen molar-refractivity contribution in [3.8, 4) is 0 Å². The lowest BCUT2D eigenvalue weighted by atomic mass is 10.2. The molecule has 1 atom stereocenters. The molecule has 0 saturated heterocycles. The van der Waals surface area contributed by atoms with Crippen molar-refractivity contribution in [1.29, 1.82) is 0 Å². The fourth-order valence-electron chi connectivity index (χ4n) is 1.22. The van der Waals surface area contributed by atoms with E-state index in [-0.39, 0.29) is 6.61 Å². The summed E-state index contributed by atoms with van der Waals surface area (Å²) >= 11 is 0. The molecular formula is C11H17NO3S. The van der Waals surface area contributed by atoms with Crippen LogP contribution < -0.4 is 4.72 Å². The number of hydrogen-bond donors (Lipinski definition) is 2. The summed E-state index contributed by atoms with van der Waals surface area (Å²) in [4.78, 5) is 0. The quantitative estimate of drug-likeness (QED) is 0.766. The van der Waals surface area contributed by atoms with Gasteiger partial charge >= 0.3 is 0 Å². The molecule has 0 bridgehead atoms. The average molecular weight is 243 g/mol. The van der Waals surface area contributed by atoms with Crippen LogP contribution in [0.1, 0.15) is 12.5 Å². The van der Waals surface area contributed by atoms with Crippen molar-refractivity contribution in [3.63, 3.8) is 0 Å². The maximum Gasteiger partial charge on any atom is 0.216 e. The van der Waals surface area contributed by atoms with E-state index in [1.165, 1.54) is 6.92 Å². The lowest BCUT2D eigenvalue weighted by Gasteiger charge is -2.11. The first-order valence-electron chi connectivity index (χ1n) is 5.19. The van der Waals surface area contributed by atoms with Crippen LogP contribution in [0.3, 0.4) is 0 Å². The van der Waals surface area contributed by atoms with E-state index in [1.54, 1.807) is 0 Å². The summed E-state index contributed by atoms with van der Waals surface area (Å²) in [5, 5.41) is 8.01. The van der Waals surface area contributed by atoms with Crippen molar-refractivity contribution in [2.24, 2.45) is 0 Å². The van der Waals surface area contributed by atoms with E-state index in [0.717, 1.165) is 5.56 Å². The second-order valence-electron chi connectivity index (χ2n) is 3.67. The van der Waals surface area contributed by atoms with E-state index < -0.39 is 15.3 Å². The van der Waals surface area contributed by atoms with Crippen LogP contribution in [0.15, 0.2) is 30.3 Å². The molecule has 0 aliphatic carbocycles. The van der Waals surface area contributed by atoms with Crippen molar-refractivity contribution in [1.82, 2.24) is 4.72 Å². The summed E-state index contributed by atoms with van der Waals surface area (Å²) in [7, 11) is -3.38. The highest BCUT2D eigenvalue weighted by Crippen LogP contribution is 2.00. The molecule has 0 spiro atoms. The molecule has 16 heavy (non-hydrogen) atoms. The molecule has 0 fully saturated rings. The van der Waals surface area contributed by atoms with Gasteiger partial charge in [-0.2, -0.15) is 0 Å². The summed E-state index contributed by atoms with van der Waals surface area (Å²) in [6, 6.07) is 9.65. The first-order chi connectivity index (χ1) is 7.56. The van der Waals surface area contributed by atoms with Crippen LogP contribution in [0.2, 0.25) is 0 Å². The second kappa shape index (κ2) is 5.98. The highest BCUT2D eigenvalue weighted by molar-refractivity contribution is 7.90. The molecule has 0 aliphatic heterocycles. The molecule has 5 heteroatoms. The SMILES string of the molecule is CC(CO)S(=O)(=O)NCCc1ccccc1. The van der Waals surface area contributed by atoms with E-state index in [2.05, 4.69) is 4.72 Å². The lowest BCUT2D eigenvalue weighted by molar-refractivity contribution is 0.295. The molecule has 90 valence electrons. The van der Waals surface area contributed by atoms with Crippen LogP contribution in [0.25, 0.3) is 0 Å². The van der Waals surface area contributed by atoms with Crippen molar-refractivity contribution >= 4 is 10.0 Å². The summed E-state index contributed by atoms with van der Waals surface area (Å²) in [5.41, 5.74) is 1.09. The molecular weight excluding hydrogens is 226 g/mol. The van der Waals surface area contributed by atoms with Crippen molar-refractivity contribution in [3.05, 3.63) is 35.9 Å². The Balaban J connectivity index is 2.42. The Morgan fingerprint density at radius 3 is 2.50 bits per heavy atom. The molecule has 0 radical (unpaired) electrons. The third-order valence-corrected chi connectivity index (χ3v) is 4.16. The Morgan fingerprint density at radius 2 is 1.94 bits per heavy atom. The number of hydrogen-bond acceptors (Lipinski definition) is 3. The van der Waals surface area contributed by atoms with Gasteiger partial charge in [0.05, 0.1) is 11.9 Å². The zero-order chi connectivity index (χ0) is 12.0. The zero-order valence-corrected chi connectivity index (χ0v) is 10.1. The highest BCUT2D eigenvalue weighted by atomic mass is 32.2. The zero-order valence-electron chi connectivity index (χ0n) is 9.26. The Morgan fingerprint density at radius 1 is 1.31 bits per heavy atom. The lowest BCUT2D eigenvalue weighted by Crippen LogP contribution is -2.35. The van der Waals surface area contributed by atoms with Crippen LogP contribution in [-0.2, 0) is 16.4 Å². The number of aliphatic hydroxyl groups excluding tert-OH is 1. The summed E-state index contributed by atoms with van der Waals surface area (Å²) in [6.07, 6.45) is 0.651. The fraction of sp³-hybridized carbons (Fsp3) is 0.455. The van der Waals surface area contributed by atoms with Gasteiger partial charge in [-0.3, -0.25) is 0 Å². The smallest absolute Gasteiger partial charge is 0.216 e. The maximum absolute atomic E-state index is 11.5. The topological polar surface area (TPSA) is 66.4 Å². The van der Waals surface area contributed by atoms with Crippen molar-refractivity contribution in [2.75, 3.05) is 13.2 Å². The van der Waals surface area contributed by atoms with E-state index >= 15 is 0 Å². The van der Waals surface area contributed by atoms with Gasteiger partial charge in [0.25, 0.3) is 0 Å². The molecule has 4 nitrogen and oxygen atoms in total. The van der Waals surface area contributed by atoms with Gasteiger partial charge in [0.1, 0.15) is 0 Å². The van der Waals surface area contributed by atoms with Gasteiger partial charge in [-0.15, -0.1) is 0 Å². The highest BCUT2D eigenvalue weighted by Gasteiger charge is 2.18. The number of aliphatic hydroxyl groups is 1. The third kappa shape index (κ3) is 3.92. The van der Waals surface area contributed by atoms with Gasteiger partial charge in [0.15, 0.2) is 0 Å². The van der Waals surface area contributed by atoms with E-state index in [1.807, 2.05) is 30.3 Å². The molecule has 1 rings (SSSR count). The largest absolute Gasteiger partial charge is 0.395 e. The van der Waals surface area contributed by atoms with E-state index in [0.29, 0.717) is 13.0 Å². The molecule has 0 amide bonds. The minimum absolute atomic E-state index is 0.358. The van der Waals surface area contributed by atoms with Gasteiger partial charge in [0.2, 0.25) is 10.0 Å². The number of rotatable bonds is 6. The van der Waals surface area contributed by atoms with Gasteiger partial charge in [-0.1, -0.05) is 30.3 Å². The Bertz CT molecular complexity index is 402. The molecule has 1 aromatic carbocycles. The molecule has 1 unspecified atom stereocenters. The third-order valence-electron chi connectivity index (χ3n) is 2.35. The van der Waals surface area contributed by atoms with Crippen molar-refractivity contribution in [2.45, 2.75) is 18.6 Å². The van der Waals surface area contributed by atoms with Crippen LogP contribution in [0.5, 0.6) is 0 Å². The van der Waals surface area contributed by atoms with Crippen LogP contribution in [0, 0.1) is 0 Å². The Hall–Kier alpha value is -0.910. The standard InChI is InChI=1S/C11H17NO3S/c1-10(9-13)16(14,15)12-8-7-11-5-3-2-4-6-11/h2-6,10,12-13H,7-9H2,1H3. The molecule has 0 aromatic heterocycles. The summed E-state index contributed by atoms with van der Waals surface area (Å²) in [6.45, 7) is 1.47. The molecule has 0 saturated carbocycles. The van der Waals surface area contributed by atoms with Gasteiger partial charge in [0, 0.05) is 6.54 Å². The van der Waals surface area contributed by atoms with Crippen LogP contribution >= 0.6 is 0 Å². The maximum atomic E-state index is 11.5. The minimum Gasteiger partial charge on any atom is -0.395 e. The molecule has 0 aliphatic rings. The van der Waals surface area contributed by atoms with Gasteiger partial charge < -0.3 is 5.11 Å². The molecule has 0 heterocycles. The van der Waals surface area contributed by atoms with E-state index in [9.17, 15) is 8.42 Å². The van der Waals surface area contributed by atoms with Crippen LogP contribution in [0.4, 0.5) is 0 Å². The number of nitrogens with one attached hydrogen (secondary N) is 1. The predicted octanol–water partition coefficient (Wildman–Crippen LogP) is 0.529. The summed E-state index contributed by atoms with van der Waals surface area (Å²) in [5.74, 6) is 0. The van der Waals surface area contributed by atoms with Gasteiger partial charge in [-0.05, 0) is 18.9 Å². The van der Waals surface area contributed by atoms with Crippen molar-refractivity contribution < 1.29 is 13.5 Å². The Labute approximate surface area is 96.4 Å². The molecule has 2 N–H and O–H groups in total. The minimum atomic E-state index is -3.38. The van der Waals surface area contributed by atoms with Crippen LogP contribution in [-0.4, -0.2) is 31.9 Å². The number of benzene rings is 1. The number of sulfonamides is 1.